The van der Waals surface area contributed by atoms with E-state index in [0.29, 0.717) is 6.54 Å². The van der Waals surface area contributed by atoms with Crippen molar-refractivity contribution in [2.75, 3.05) is 4.90 Å². The van der Waals surface area contributed by atoms with Crippen molar-refractivity contribution in [2.45, 2.75) is 13.5 Å². The van der Waals surface area contributed by atoms with E-state index in [1.54, 1.807) is 17.0 Å². The van der Waals surface area contributed by atoms with Crippen LogP contribution < -0.4 is 4.90 Å². The molecule has 0 radical (unpaired) electrons. The Morgan fingerprint density at radius 2 is 1.50 bits per heavy atom. The van der Waals surface area contributed by atoms with Crippen molar-refractivity contribution in [3.05, 3.63) is 101 Å². The lowest BCUT2D eigenvalue weighted by atomic mass is 10.1. The number of carbonyl (C=O) groups is 1. The average molecular weight is 319 g/mol. The van der Waals surface area contributed by atoms with Crippen molar-refractivity contribution < 1.29 is 9.18 Å². The Hall–Kier alpha value is -2.94. The summed E-state index contributed by atoms with van der Waals surface area (Å²) in [6.45, 7) is 2.38. The van der Waals surface area contributed by atoms with Gasteiger partial charge in [0.15, 0.2) is 0 Å². The summed E-state index contributed by atoms with van der Waals surface area (Å²) >= 11 is 0. The summed E-state index contributed by atoms with van der Waals surface area (Å²) in [7, 11) is 0. The number of hydrogen-bond acceptors (Lipinski definition) is 1. The minimum absolute atomic E-state index is 0.0778. The molecule has 0 aliphatic rings. The van der Waals surface area contributed by atoms with Crippen molar-refractivity contribution in [2.24, 2.45) is 0 Å². The van der Waals surface area contributed by atoms with E-state index in [2.05, 4.69) is 0 Å². The van der Waals surface area contributed by atoms with Crippen molar-refractivity contribution in [1.29, 1.82) is 0 Å². The maximum absolute atomic E-state index is 14.1. The SMILES string of the molecule is Cc1ccc(N(Cc2ccccc2)C(=O)c2ccccc2F)cc1. The highest BCUT2D eigenvalue weighted by Gasteiger charge is 2.20. The van der Waals surface area contributed by atoms with E-state index in [4.69, 9.17) is 0 Å². The van der Waals surface area contributed by atoms with Crippen LogP contribution in [0.1, 0.15) is 21.5 Å². The molecule has 0 aromatic heterocycles. The summed E-state index contributed by atoms with van der Waals surface area (Å²) in [6.07, 6.45) is 0. The maximum Gasteiger partial charge on any atom is 0.261 e. The molecule has 24 heavy (non-hydrogen) atoms. The van der Waals surface area contributed by atoms with Crippen LogP contribution in [0.4, 0.5) is 10.1 Å². The first-order valence-electron chi connectivity index (χ1n) is 7.82. The van der Waals surface area contributed by atoms with Gasteiger partial charge in [-0.3, -0.25) is 4.79 Å². The van der Waals surface area contributed by atoms with Crippen LogP contribution in [0.25, 0.3) is 0 Å². The van der Waals surface area contributed by atoms with Gasteiger partial charge < -0.3 is 4.90 Å². The molecule has 0 saturated carbocycles. The molecule has 0 aliphatic carbocycles. The van der Waals surface area contributed by atoms with E-state index >= 15 is 0 Å². The minimum atomic E-state index is -0.507. The summed E-state index contributed by atoms with van der Waals surface area (Å²) in [5.74, 6) is -0.853. The Balaban J connectivity index is 1.99. The van der Waals surface area contributed by atoms with Crippen LogP contribution in [-0.2, 0) is 6.54 Å². The number of benzene rings is 3. The van der Waals surface area contributed by atoms with Crippen molar-refractivity contribution in [3.8, 4) is 0 Å². The number of halogens is 1. The fourth-order valence-electron chi connectivity index (χ4n) is 2.55. The summed E-state index contributed by atoms with van der Waals surface area (Å²) in [4.78, 5) is 14.5. The number of rotatable bonds is 4. The maximum atomic E-state index is 14.1. The molecular weight excluding hydrogens is 301 g/mol. The van der Waals surface area contributed by atoms with Gasteiger partial charge in [0.05, 0.1) is 12.1 Å². The molecule has 0 atom stereocenters. The van der Waals surface area contributed by atoms with Gasteiger partial charge in [-0.25, -0.2) is 4.39 Å². The number of nitrogens with zero attached hydrogens (tertiary/aromatic N) is 1. The first kappa shape index (κ1) is 15.9. The minimum Gasteiger partial charge on any atom is -0.304 e. The highest BCUT2D eigenvalue weighted by Crippen LogP contribution is 2.22. The van der Waals surface area contributed by atoms with Crippen LogP contribution in [0.5, 0.6) is 0 Å². The zero-order valence-electron chi connectivity index (χ0n) is 13.4. The van der Waals surface area contributed by atoms with E-state index < -0.39 is 5.82 Å². The van der Waals surface area contributed by atoms with Gasteiger partial charge in [0.1, 0.15) is 5.82 Å². The second kappa shape index (κ2) is 7.09. The molecule has 0 N–H and O–H groups in total. The predicted molar refractivity (Wildman–Crippen MR) is 94.5 cm³/mol. The van der Waals surface area contributed by atoms with Gasteiger partial charge in [0.2, 0.25) is 0 Å². The lowest BCUT2D eigenvalue weighted by molar-refractivity contribution is 0.0981. The first-order chi connectivity index (χ1) is 11.6. The highest BCUT2D eigenvalue weighted by molar-refractivity contribution is 6.06. The van der Waals surface area contributed by atoms with Crippen LogP contribution in [-0.4, -0.2) is 5.91 Å². The molecule has 0 saturated heterocycles. The highest BCUT2D eigenvalue weighted by atomic mass is 19.1. The fraction of sp³-hybridized carbons (Fsp3) is 0.0952. The number of aryl methyl sites for hydroxylation is 1. The van der Waals surface area contributed by atoms with Gasteiger partial charge in [0.25, 0.3) is 5.91 Å². The molecule has 0 unspecified atom stereocenters. The molecule has 3 aromatic rings. The molecule has 0 aliphatic heterocycles. The van der Waals surface area contributed by atoms with Crippen LogP contribution in [0.3, 0.4) is 0 Å². The van der Waals surface area contributed by atoms with Crippen molar-refractivity contribution >= 4 is 11.6 Å². The number of carbonyl (C=O) groups excluding carboxylic acids is 1. The van der Waals surface area contributed by atoms with Gasteiger partial charge in [-0.05, 0) is 36.8 Å². The monoisotopic (exact) mass is 319 g/mol. The van der Waals surface area contributed by atoms with Crippen LogP contribution >= 0.6 is 0 Å². The summed E-state index contributed by atoms with van der Waals surface area (Å²) < 4.78 is 14.1. The topological polar surface area (TPSA) is 20.3 Å². The van der Waals surface area contributed by atoms with E-state index in [0.717, 1.165) is 16.8 Å². The molecule has 2 nitrogen and oxygen atoms in total. The quantitative estimate of drug-likeness (QED) is 0.664. The van der Waals surface area contributed by atoms with E-state index in [1.807, 2.05) is 61.5 Å². The molecule has 120 valence electrons. The Morgan fingerprint density at radius 3 is 2.17 bits per heavy atom. The predicted octanol–water partition coefficient (Wildman–Crippen LogP) is 4.98. The van der Waals surface area contributed by atoms with E-state index in [1.165, 1.54) is 12.1 Å². The second-order valence-corrected chi connectivity index (χ2v) is 5.69. The first-order valence-corrected chi connectivity index (χ1v) is 7.82. The Kier molecular flexibility index (Phi) is 4.71. The molecule has 0 bridgehead atoms. The van der Waals surface area contributed by atoms with Crippen LogP contribution in [0.15, 0.2) is 78.9 Å². The number of anilines is 1. The zero-order chi connectivity index (χ0) is 16.9. The average Bonchev–Trinajstić information content (AvgIpc) is 2.61. The van der Waals surface area contributed by atoms with Crippen molar-refractivity contribution in [1.82, 2.24) is 0 Å². The van der Waals surface area contributed by atoms with Crippen LogP contribution in [0, 0.1) is 12.7 Å². The smallest absolute Gasteiger partial charge is 0.261 e. The molecule has 0 fully saturated rings. The molecule has 3 aromatic carbocycles. The van der Waals surface area contributed by atoms with Gasteiger partial charge >= 0.3 is 0 Å². The second-order valence-electron chi connectivity index (χ2n) is 5.69. The van der Waals surface area contributed by atoms with Crippen molar-refractivity contribution in [3.63, 3.8) is 0 Å². The third kappa shape index (κ3) is 3.51. The standard InChI is InChI=1S/C21H18FNO/c1-16-11-13-18(14-12-16)23(15-17-7-3-2-4-8-17)21(24)19-9-5-6-10-20(19)22/h2-14H,15H2,1H3. The molecule has 0 spiro atoms. The van der Waals surface area contributed by atoms with Gasteiger partial charge in [-0.2, -0.15) is 0 Å². The molecule has 0 heterocycles. The molecule has 3 rings (SSSR count). The van der Waals surface area contributed by atoms with Gasteiger partial charge in [0, 0.05) is 5.69 Å². The molecular formula is C21H18FNO. The summed E-state index contributed by atoms with van der Waals surface area (Å²) in [5, 5.41) is 0. The normalized spacial score (nSPS) is 10.4. The lowest BCUT2D eigenvalue weighted by Crippen LogP contribution is -2.31. The Morgan fingerprint density at radius 1 is 0.875 bits per heavy atom. The summed E-state index contributed by atoms with van der Waals surface area (Å²) in [6, 6.07) is 23.4. The third-order valence-electron chi connectivity index (χ3n) is 3.88. The molecule has 3 heteroatoms. The zero-order valence-corrected chi connectivity index (χ0v) is 13.4. The fourth-order valence-corrected chi connectivity index (χ4v) is 2.55. The number of amides is 1. The van der Waals surface area contributed by atoms with Gasteiger partial charge in [-0.1, -0.05) is 60.2 Å². The third-order valence-corrected chi connectivity index (χ3v) is 3.88. The van der Waals surface area contributed by atoms with E-state index in [9.17, 15) is 9.18 Å². The largest absolute Gasteiger partial charge is 0.304 e. The Bertz CT molecular complexity index is 828. The summed E-state index contributed by atoms with van der Waals surface area (Å²) in [5.41, 5.74) is 2.92. The van der Waals surface area contributed by atoms with Gasteiger partial charge in [-0.15, -0.1) is 0 Å². The molecule has 1 amide bonds. The lowest BCUT2D eigenvalue weighted by Gasteiger charge is -2.23. The van der Waals surface area contributed by atoms with Crippen LogP contribution in [0.2, 0.25) is 0 Å². The number of hydrogen-bond donors (Lipinski definition) is 0. The van der Waals surface area contributed by atoms with E-state index in [-0.39, 0.29) is 11.5 Å². The Labute approximate surface area is 141 Å².